The number of hydrogen-bond acceptors (Lipinski definition) is 8. The predicted molar refractivity (Wildman–Crippen MR) is 130 cm³/mol. The monoisotopic (exact) mass is 510 g/mol. The summed E-state index contributed by atoms with van der Waals surface area (Å²) in [5.74, 6) is 1.15. The maximum absolute atomic E-state index is 12.9. The van der Waals surface area contributed by atoms with Crippen molar-refractivity contribution in [2.24, 2.45) is 0 Å². The first-order valence-electron chi connectivity index (χ1n) is 12.5. The van der Waals surface area contributed by atoms with E-state index < -0.39 is 6.43 Å². The molecule has 12 heteroatoms. The number of fused-ring (bicyclic) bond motifs is 3. The van der Waals surface area contributed by atoms with Crippen LogP contribution in [0.25, 0.3) is 5.69 Å². The number of carbonyl (C=O) groups excluding carboxylic acids is 1. The van der Waals surface area contributed by atoms with Gasteiger partial charge < -0.3 is 15.0 Å². The highest BCUT2D eigenvalue weighted by Gasteiger charge is 2.46. The first-order chi connectivity index (χ1) is 18.0. The van der Waals surface area contributed by atoms with Crippen molar-refractivity contribution in [1.82, 2.24) is 35.4 Å². The van der Waals surface area contributed by atoms with Crippen LogP contribution in [0.5, 0.6) is 5.88 Å². The van der Waals surface area contributed by atoms with E-state index in [9.17, 15) is 13.6 Å². The SMILES string of the molecule is Cc1nnn(-c2ccc(C(F)F)cc2)c1COc1ccc(N2CCN3[C@@H](C2)C(=O)N[C@@H]2CCC[C@@H]23)nn1. The molecular formula is C25H28F2N8O2. The maximum Gasteiger partial charge on any atom is 0.263 e. The minimum atomic E-state index is -2.53. The van der Waals surface area contributed by atoms with Crippen LogP contribution in [0.1, 0.15) is 42.6 Å². The Kier molecular flexibility index (Phi) is 6.19. The molecule has 0 bridgehead atoms. The van der Waals surface area contributed by atoms with Gasteiger partial charge in [-0.1, -0.05) is 17.3 Å². The zero-order chi connectivity index (χ0) is 25.5. The summed E-state index contributed by atoms with van der Waals surface area (Å²) < 4.78 is 33.2. The van der Waals surface area contributed by atoms with Gasteiger partial charge in [0.1, 0.15) is 18.3 Å². The molecule has 2 aromatic heterocycles. The third-order valence-corrected chi connectivity index (χ3v) is 7.61. The second kappa shape index (κ2) is 9.66. The molecular weight excluding hydrogens is 482 g/mol. The summed E-state index contributed by atoms with van der Waals surface area (Å²) in [7, 11) is 0. The van der Waals surface area contributed by atoms with Crippen LogP contribution in [0.2, 0.25) is 0 Å². The Bertz CT molecular complexity index is 1270. The third-order valence-electron chi connectivity index (χ3n) is 7.61. The molecule has 194 valence electrons. The molecule has 2 aliphatic heterocycles. The fourth-order valence-corrected chi connectivity index (χ4v) is 5.63. The Hall–Kier alpha value is -3.67. The minimum absolute atomic E-state index is 0.0537. The molecule has 1 N–H and O–H groups in total. The van der Waals surface area contributed by atoms with Gasteiger partial charge in [-0.3, -0.25) is 9.69 Å². The zero-order valence-corrected chi connectivity index (χ0v) is 20.4. The molecule has 0 spiro atoms. The van der Waals surface area contributed by atoms with Gasteiger partial charge in [-0.2, -0.15) is 0 Å². The number of halogens is 2. The van der Waals surface area contributed by atoms with Crippen molar-refractivity contribution in [3.63, 3.8) is 0 Å². The zero-order valence-electron chi connectivity index (χ0n) is 20.4. The van der Waals surface area contributed by atoms with Crippen LogP contribution in [0, 0.1) is 6.92 Å². The van der Waals surface area contributed by atoms with Crippen molar-refractivity contribution < 1.29 is 18.3 Å². The highest BCUT2D eigenvalue weighted by molar-refractivity contribution is 5.84. The second-order valence-corrected chi connectivity index (χ2v) is 9.76. The standard InChI is InChI=1S/C25H28F2N8O2/c1-15-21(35(32-29-15)17-7-5-16(6-8-17)24(26)27)14-37-23-10-9-22(30-31-23)33-11-12-34-19-4-2-3-18(19)28-25(36)20(34)13-33/h5-10,18-20,24H,2-4,11-14H2,1H3,(H,28,36)/t18-,19+,20+/m1/s1. The lowest BCUT2D eigenvalue weighted by atomic mass is 9.99. The number of anilines is 1. The van der Waals surface area contributed by atoms with Gasteiger partial charge in [-0.15, -0.1) is 15.3 Å². The molecule has 1 aromatic carbocycles. The van der Waals surface area contributed by atoms with Gasteiger partial charge in [0.05, 0.1) is 11.4 Å². The van der Waals surface area contributed by atoms with Crippen molar-refractivity contribution >= 4 is 11.7 Å². The lowest BCUT2D eigenvalue weighted by Gasteiger charge is -2.48. The van der Waals surface area contributed by atoms with Crippen LogP contribution in [0.15, 0.2) is 36.4 Å². The normalized spacial score (nSPS) is 23.6. The highest BCUT2D eigenvalue weighted by Crippen LogP contribution is 2.32. The minimum Gasteiger partial charge on any atom is -0.470 e. The number of alkyl halides is 2. The lowest BCUT2D eigenvalue weighted by molar-refractivity contribution is -0.133. The van der Waals surface area contributed by atoms with Gasteiger partial charge in [0.15, 0.2) is 5.82 Å². The largest absolute Gasteiger partial charge is 0.470 e. The first-order valence-corrected chi connectivity index (χ1v) is 12.5. The van der Waals surface area contributed by atoms with E-state index in [1.165, 1.54) is 12.1 Å². The highest BCUT2D eigenvalue weighted by atomic mass is 19.3. The van der Waals surface area contributed by atoms with Gasteiger partial charge in [0, 0.05) is 43.3 Å². The third kappa shape index (κ3) is 4.50. The van der Waals surface area contributed by atoms with Crippen molar-refractivity contribution in [2.45, 2.75) is 57.3 Å². The molecule has 3 fully saturated rings. The van der Waals surface area contributed by atoms with Crippen LogP contribution in [-0.4, -0.2) is 73.8 Å². The predicted octanol–water partition coefficient (Wildman–Crippen LogP) is 2.42. The fraction of sp³-hybridized carbons (Fsp3) is 0.480. The van der Waals surface area contributed by atoms with E-state index in [1.807, 2.05) is 6.07 Å². The molecule has 3 aliphatic rings. The Balaban J connectivity index is 1.11. The fourth-order valence-electron chi connectivity index (χ4n) is 5.63. The Morgan fingerprint density at radius 3 is 2.68 bits per heavy atom. The van der Waals surface area contributed by atoms with Crippen LogP contribution in [-0.2, 0) is 11.4 Å². The van der Waals surface area contributed by atoms with Crippen molar-refractivity contribution in [2.75, 3.05) is 24.5 Å². The number of ether oxygens (including phenoxy) is 1. The van der Waals surface area contributed by atoms with E-state index in [0.717, 1.165) is 32.4 Å². The quantitative estimate of drug-likeness (QED) is 0.540. The molecule has 1 amide bonds. The van der Waals surface area contributed by atoms with E-state index in [-0.39, 0.29) is 24.1 Å². The van der Waals surface area contributed by atoms with Crippen molar-refractivity contribution in [3.05, 3.63) is 53.3 Å². The Morgan fingerprint density at radius 1 is 1.08 bits per heavy atom. The van der Waals surface area contributed by atoms with Crippen LogP contribution in [0.4, 0.5) is 14.6 Å². The molecule has 3 aromatic rings. The number of aromatic nitrogens is 5. The van der Waals surface area contributed by atoms with E-state index in [4.69, 9.17) is 4.74 Å². The average molecular weight is 511 g/mol. The molecule has 0 radical (unpaired) electrons. The number of carbonyl (C=O) groups is 1. The van der Waals surface area contributed by atoms with E-state index in [1.54, 1.807) is 29.8 Å². The number of aryl methyl sites for hydroxylation is 1. The molecule has 2 saturated heterocycles. The number of nitrogens with one attached hydrogen (secondary N) is 1. The Labute approximate surface area is 212 Å². The molecule has 6 rings (SSSR count). The summed E-state index contributed by atoms with van der Waals surface area (Å²) in [6.07, 6.45) is 0.843. The lowest BCUT2D eigenvalue weighted by Crippen LogP contribution is -2.69. The number of piperazine rings is 2. The van der Waals surface area contributed by atoms with Gasteiger partial charge >= 0.3 is 0 Å². The maximum atomic E-state index is 12.9. The average Bonchev–Trinajstić information content (AvgIpc) is 3.54. The van der Waals surface area contributed by atoms with Crippen LogP contribution >= 0.6 is 0 Å². The molecule has 1 aliphatic carbocycles. The number of nitrogens with zero attached hydrogens (tertiary/aromatic N) is 7. The molecule has 37 heavy (non-hydrogen) atoms. The van der Waals surface area contributed by atoms with Gasteiger partial charge in [-0.25, -0.2) is 13.5 Å². The molecule has 4 heterocycles. The van der Waals surface area contributed by atoms with Crippen molar-refractivity contribution in [1.29, 1.82) is 0 Å². The molecule has 0 unspecified atom stereocenters. The topological polar surface area (TPSA) is 101 Å². The molecule has 10 nitrogen and oxygen atoms in total. The first kappa shape index (κ1) is 23.7. The molecule has 3 atom stereocenters. The van der Waals surface area contributed by atoms with Gasteiger partial charge in [-0.05, 0) is 44.4 Å². The van der Waals surface area contributed by atoms with Gasteiger partial charge in [0.25, 0.3) is 6.43 Å². The van der Waals surface area contributed by atoms with E-state index in [2.05, 4.69) is 35.6 Å². The summed E-state index contributed by atoms with van der Waals surface area (Å²) >= 11 is 0. The second-order valence-electron chi connectivity index (χ2n) is 9.76. The van der Waals surface area contributed by atoms with Crippen LogP contribution < -0.4 is 15.0 Å². The number of benzene rings is 1. The summed E-state index contributed by atoms with van der Waals surface area (Å²) in [5.41, 5.74) is 1.90. The van der Waals surface area contributed by atoms with Crippen molar-refractivity contribution in [3.8, 4) is 11.6 Å². The molecule has 1 saturated carbocycles. The number of rotatable bonds is 6. The smallest absolute Gasteiger partial charge is 0.263 e. The summed E-state index contributed by atoms with van der Waals surface area (Å²) in [4.78, 5) is 17.2. The number of amides is 1. The van der Waals surface area contributed by atoms with E-state index >= 15 is 0 Å². The number of hydrogen-bond donors (Lipinski definition) is 1. The van der Waals surface area contributed by atoms with E-state index in [0.29, 0.717) is 47.4 Å². The Morgan fingerprint density at radius 2 is 1.92 bits per heavy atom. The summed E-state index contributed by atoms with van der Waals surface area (Å²) in [6.45, 7) is 4.13. The van der Waals surface area contributed by atoms with Crippen LogP contribution in [0.3, 0.4) is 0 Å². The summed E-state index contributed by atoms with van der Waals surface area (Å²) in [6, 6.07) is 10.1. The summed E-state index contributed by atoms with van der Waals surface area (Å²) in [5, 5.41) is 20.0. The van der Waals surface area contributed by atoms with Gasteiger partial charge in [0.2, 0.25) is 11.8 Å².